The number of rotatable bonds is 5. The molecule has 0 spiro atoms. The molecule has 0 aromatic carbocycles. The van der Waals surface area contributed by atoms with Gasteiger partial charge in [-0.1, -0.05) is 0 Å². The van der Waals surface area contributed by atoms with E-state index in [1.165, 1.54) is 5.51 Å². The van der Waals surface area contributed by atoms with E-state index in [1.54, 1.807) is 11.8 Å². The topological polar surface area (TPSA) is 96.4 Å². The fourth-order valence-electron chi connectivity index (χ4n) is 1.61. The Labute approximate surface area is 113 Å². The number of aromatic carboxylic acids is 1. The van der Waals surface area contributed by atoms with Crippen molar-refractivity contribution >= 4 is 39.1 Å². The Bertz CT molecular complexity index is 534. The molecular weight excluding hydrogens is 296 g/mol. The number of carboxylic acid groups (broad SMARTS) is 1. The van der Waals surface area contributed by atoms with Crippen molar-refractivity contribution in [2.24, 2.45) is 5.92 Å². The van der Waals surface area contributed by atoms with Crippen molar-refractivity contribution in [1.29, 1.82) is 0 Å². The summed E-state index contributed by atoms with van der Waals surface area (Å²) in [5.74, 6) is 0.989. The molecule has 1 fully saturated rings. The molecule has 6 nitrogen and oxygen atoms in total. The minimum absolute atomic E-state index is 0.222. The summed E-state index contributed by atoms with van der Waals surface area (Å²) >= 11 is 2.62. The van der Waals surface area contributed by atoms with E-state index in [1.807, 2.05) is 0 Å². The maximum absolute atomic E-state index is 12.0. The first kappa shape index (κ1) is 13.8. The fourth-order valence-corrected chi connectivity index (χ4v) is 5.19. The lowest BCUT2D eigenvalue weighted by atomic mass is 10.1. The van der Waals surface area contributed by atoms with Crippen molar-refractivity contribution < 1.29 is 18.3 Å². The van der Waals surface area contributed by atoms with Crippen molar-refractivity contribution in [3.63, 3.8) is 0 Å². The molecule has 1 aromatic rings. The van der Waals surface area contributed by atoms with Crippen LogP contribution in [0.15, 0.2) is 9.72 Å². The molecule has 1 saturated heterocycles. The van der Waals surface area contributed by atoms with Crippen molar-refractivity contribution in [3.8, 4) is 0 Å². The summed E-state index contributed by atoms with van der Waals surface area (Å²) in [5, 5.41) is 8.85. The van der Waals surface area contributed by atoms with Gasteiger partial charge in [0.15, 0.2) is 9.90 Å². The second-order valence-corrected chi connectivity index (χ2v) is 7.84. The third kappa shape index (κ3) is 3.02. The molecule has 1 aromatic heterocycles. The van der Waals surface area contributed by atoms with Gasteiger partial charge in [0.25, 0.3) is 10.0 Å². The average molecular weight is 308 g/mol. The number of hydrogen-bond donors (Lipinski definition) is 2. The summed E-state index contributed by atoms with van der Waals surface area (Å²) in [6, 6.07) is 0. The number of nitrogens with zero attached hydrogens (tertiary/aromatic N) is 1. The van der Waals surface area contributed by atoms with Crippen LogP contribution in [0.2, 0.25) is 0 Å². The number of carboxylic acids is 1. The zero-order valence-electron chi connectivity index (χ0n) is 9.33. The Kier molecular flexibility index (Phi) is 4.25. The second-order valence-electron chi connectivity index (χ2n) is 3.88. The molecule has 1 atom stereocenters. The molecule has 2 heterocycles. The van der Waals surface area contributed by atoms with Crippen LogP contribution in [0, 0.1) is 5.92 Å². The van der Waals surface area contributed by atoms with E-state index < -0.39 is 21.7 Å². The van der Waals surface area contributed by atoms with E-state index in [9.17, 15) is 13.2 Å². The molecule has 0 aliphatic carbocycles. The molecule has 1 aliphatic heterocycles. The van der Waals surface area contributed by atoms with Gasteiger partial charge in [-0.2, -0.15) is 11.8 Å². The largest absolute Gasteiger partial charge is 0.476 e. The molecular formula is C9H12N2O4S3. The van der Waals surface area contributed by atoms with Gasteiger partial charge in [-0.3, -0.25) is 0 Å². The van der Waals surface area contributed by atoms with E-state index in [2.05, 4.69) is 9.71 Å². The van der Waals surface area contributed by atoms with Crippen LogP contribution in [0.3, 0.4) is 0 Å². The van der Waals surface area contributed by atoms with E-state index in [4.69, 9.17) is 5.11 Å². The normalized spacial score (nSPS) is 20.1. The highest BCUT2D eigenvalue weighted by Crippen LogP contribution is 2.24. The van der Waals surface area contributed by atoms with Gasteiger partial charge < -0.3 is 5.11 Å². The van der Waals surface area contributed by atoms with Crippen LogP contribution in [-0.2, 0) is 10.0 Å². The Morgan fingerprint density at radius 2 is 2.39 bits per heavy atom. The molecule has 2 N–H and O–H groups in total. The molecule has 0 bridgehead atoms. The maximum atomic E-state index is 12.0. The number of thiazole rings is 1. The number of thioether (sulfide) groups is 1. The van der Waals surface area contributed by atoms with Crippen molar-refractivity contribution in [3.05, 3.63) is 11.2 Å². The van der Waals surface area contributed by atoms with Gasteiger partial charge in [0.1, 0.15) is 0 Å². The Balaban J connectivity index is 2.09. The van der Waals surface area contributed by atoms with E-state index in [-0.39, 0.29) is 4.21 Å². The summed E-state index contributed by atoms with van der Waals surface area (Å²) in [4.78, 5) is 14.4. The standard InChI is InChI=1S/C9H12N2O4S3/c12-8(13)7-9(17-5-10-7)18(14,15)11-3-6-1-2-16-4-6/h5-6,11H,1-4H2,(H,12,13). The highest BCUT2D eigenvalue weighted by atomic mass is 32.2. The summed E-state index contributed by atoms with van der Waals surface area (Å²) in [6.07, 6.45) is 0.988. The smallest absolute Gasteiger partial charge is 0.356 e. The monoisotopic (exact) mass is 308 g/mol. The van der Waals surface area contributed by atoms with E-state index in [0.717, 1.165) is 29.3 Å². The molecule has 0 saturated carbocycles. The molecule has 18 heavy (non-hydrogen) atoms. The lowest BCUT2D eigenvalue weighted by Crippen LogP contribution is -2.29. The fraction of sp³-hybridized carbons (Fsp3) is 0.556. The van der Waals surface area contributed by atoms with Crippen LogP contribution in [-0.4, -0.2) is 42.5 Å². The molecule has 0 amide bonds. The van der Waals surface area contributed by atoms with Crippen LogP contribution >= 0.6 is 23.1 Å². The molecule has 0 radical (unpaired) electrons. The lowest BCUT2D eigenvalue weighted by Gasteiger charge is -2.09. The van der Waals surface area contributed by atoms with E-state index >= 15 is 0 Å². The number of sulfonamides is 1. The maximum Gasteiger partial charge on any atom is 0.356 e. The highest BCUT2D eigenvalue weighted by molar-refractivity contribution is 7.99. The number of hydrogen-bond acceptors (Lipinski definition) is 6. The highest BCUT2D eigenvalue weighted by Gasteiger charge is 2.26. The van der Waals surface area contributed by atoms with E-state index in [0.29, 0.717) is 12.5 Å². The summed E-state index contributed by atoms with van der Waals surface area (Å²) in [6.45, 7) is 0.353. The second kappa shape index (κ2) is 5.55. The molecule has 1 unspecified atom stereocenters. The Morgan fingerprint density at radius 1 is 1.61 bits per heavy atom. The van der Waals surface area contributed by atoms with Crippen molar-refractivity contribution in [1.82, 2.24) is 9.71 Å². The van der Waals surface area contributed by atoms with Crippen LogP contribution in [0.5, 0.6) is 0 Å². The van der Waals surface area contributed by atoms with Gasteiger partial charge in [0.2, 0.25) is 0 Å². The summed E-state index contributed by atoms with van der Waals surface area (Å²) < 4.78 is 26.2. The van der Waals surface area contributed by atoms with Crippen molar-refractivity contribution in [2.75, 3.05) is 18.1 Å². The zero-order valence-corrected chi connectivity index (χ0v) is 11.8. The first-order valence-electron chi connectivity index (χ1n) is 5.25. The number of carbonyl (C=O) groups is 1. The third-order valence-corrected chi connectivity index (χ3v) is 6.59. The minimum atomic E-state index is -3.76. The minimum Gasteiger partial charge on any atom is -0.476 e. The summed E-state index contributed by atoms with van der Waals surface area (Å²) in [7, 11) is -3.76. The average Bonchev–Trinajstić information content (AvgIpc) is 2.98. The van der Waals surface area contributed by atoms with Crippen LogP contribution in [0.4, 0.5) is 0 Å². The van der Waals surface area contributed by atoms with Crippen LogP contribution < -0.4 is 4.72 Å². The van der Waals surface area contributed by atoms with Gasteiger partial charge >= 0.3 is 5.97 Å². The molecule has 9 heteroatoms. The first-order chi connectivity index (χ1) is 8.50. The first-order valence-corrected chi connectivity index (χ1v) is 8.76. The van der Waals surface area contributed by atoms with Crippen molar-refractivity contribution in [2.45, 2.75) is 10.6 Å². The Hall–Kier alpha value is -0.640. The third-order valence-electron chi connectivity index (χ3n) is 2.57. The van der Waals surface area contributed by atoms with Gasteiger partial charge in [-0.25, -0.2) is 22.9 Å². The zero-order chi connectivity index (χ0) is 13.2. The lowest BCUT2D eigenvalue weighted by molar-refractivity contribution is 0.0687. The quantitative estimate of drug-likeness (QED) is 0.838. The predicted molar refractivity (Wildman–Crippen MR) is 69.7 cm³/mol. The predicted octanol–water partition coefficient (Wildman–Crippen LogP) is 0.873. The van der Waals surface area contributed by atoms with Gasteiger partial charge in [-0.15, -0.1) is 11.3 Å². The van der Waals surface area contributed by atoms with Gasteiger partial charge in [0, 0.05) is 6.54 Å². The molecule has 1 aliphatic rings. The number of aromatic nitrogens is 1. The van der Waals surface area contributed by atoms with Gasteiger partial charge in [0.05, 0.1) is 5.51 Å². The summed E-state index contributed by atoms with van der Waals surface area (Å²) in [5.41, 5.74) is 0.817. The van der Waals surface area contributed by atoms with Gasteiger partial charge in [-0.05, 0) is 23.8 Å². The van der Waals surface area contributed by atoms with Crippen LogP contribution in [0.25, 0.3) is 0 Å². The van der Waals surface area contributed by atoms with Crippen LogP contribution in [0.1, 0.15) is 16.9 Å². The number of nitrogens with one attached hydrogen (secondary N) is 1. The molecule has 2 rings (SSSR count). The Morgan fingerprint density at radius 3 is 3.00 bits per heavy atom. The SMILES string of the molecule is O=C(O)c1ncsc1S(=O)(=O)NCC1CCSC1. The molecule has 100 valence electrons.